The Morgan fingerprint density at radius 2 is 1.63 bits per heavy atom. The normalized spacial score (nSPS) is 20.3. The molecule has 4 rings (SSSR count). The number of hydrogen-bond acceptors (Lipinski definition) is 3. The van der Waals surface area contributed by atoms with Crippen molar-refractivity contribution in [3.05, 3.63) is 48.0 Å². The quantitative estimate of drug-likeness (QED) is 0.834. The summed E-state index contributed by atoms with van der Waals surface area (Å²) in [4.78, 5) is 20.0. The number of fused-ring (bicyclic) bond motifs is 1. The van der Waals surface area contributed by atoms with Gasteiger partial charge in [-0.3, -0.25) is 4.79 Å². The molecule has 0 aliphatic carbocycles. The molecule has 0 aromatic heterocycles. The Morgan fingerprint density at radius 1 is 0.926 bits per heavy atom. The zero-order valence-corrected chi connectivity index (χ0v) is 16.4. The summed E-state index contributed by atoms with van der Waals surface area (Å²) in [5.74, 6) is 1.03. The van der Waals surface area contributed by atoms with Crippen LogP contribution in [0.15, 0.2) is 42.5 Å². The summed E-state index contributed by atoms with van der Waals surface area (Å²) < 4.78 is 0. The second-order valence-corrected chi connectivity index (χ2v) is 8.24. The lowest BCUT2D eigenvalue weighted by molar-refractivity contribution is -0.131. The lowest BCUT2D eigenvalue weighted by Gasteiger charge is -2.38. The van der Waals surface area contributed by atoms with Crippen LogP contribution in [0.2, 0.25) is 0 Å². The second-order valence-electron chi connectivity index (χ2n) is 8.24. The third kappa shape index (κ3) is 4.50. The fraction of sp³-hybridized carbons (Fsp3) is 0.522. The van der Waals surface area contributed by atoms with Gasteiger partial charge in [-0.15, -0.1) is 0 Å². The number of piperidine rings is 1. The summed E-state index contributed by atoms with van der Waals surface area (Å²) in [5, 5.41) is 2.42. The maximum atomic E-state index is 12.9. The number of rotatable bonds is 4. The number of likely N-dealkylation sites (N-methyl/N-ethyl adjacent to an activating group) is 1. The van der Waals surface area contributed by atoms with Gasteiger partial charge in [-0.25, -0.2) is 0 Å². The van der Waals surface area contributed by atoms with Gasteiger partial charge in [0, 0.05) is 45.8 Å². The molecule has 27 heavy (non-hydrogen) atoms. The molecule has 4 nitrogen and oxygen atoms in total. The number of hydrogen-bond donors (Lipinski definition) is 0. The average Bonchev–Trinajstić information content (AvgIpc) is 2.70. The van der Waals surface area contributed by atoms with Crippen molar-refractivity contribution in [2.75, 3.05) is 52.9 Å². The van der Waals surface area contributed by atoms with Crippen molar-refractivity contribution in [2.45, 2.75) is 19.3 Å². The lowest BCUT2D eigenvalue weighted by Crippen LogP contribution is -2.48. The van der Waals surface area contributed by atoms with Crippen molar-refractivity contribution in [3.8, 4) is 0 Å². The first kappa shape index (κ1) is 18.5. The second kappa shape index (κ2) is 8.41. The molecule has 0 spiro atoms. The van der Waals surface area contributed by atoms with E-state index in [0.717, 1.165) is 37.4 Å². The van der Waals surface area contributed by atoms with Crippen LogP contribution in [0.1, 0.15) is 18.4 Å². The highest BCUT2D eigenvalue weighted by atomic mass is 16.2. The molecule has 144 valence electrons. The van der Waals surface area contributed by atoms with Crippen molar-refractivity contribution < 1.29 is 4.79 Å². The first-order chi connectivity index (χ1) is 13.2. The predicted octanol–water partition coefficient (Wildman–Crippen LogP) is 2.87. The fourth-order valence-corrected chi connectivity index (χ4v) is 4.48. The van der Waals surface area contributed by atoms with Crippen LogP contribution in [-0.4, -0.2) is 73.5 Å². The molecular weight excluding hydrogens is 334 g/mol. The van der Waals surface area contributed by atoms with E-state index in [9.17, 15) is 4.79 Å². The van der Waals surface area contributed by atoms with Crippen LogP contribution >= 0.6 is 0 Å². The Morgan fingerprint density at radius 3 is 2.41 bits per heavy atom. The Bertz CT molecular complexity index is 769. The van der Waals surface area contributed by atoms with Gasteiger partial charge in [0.25, 0.3) is 0 Å². The van der Waals surface area contributed by atoms with E-state index in [0.29, 0.717) is 6.42 Å². The van der Waals surface area contributed by atoms with Crippen LogP contribution in [-0.2, 0) is 11.2 Å². The van der Waals surface area contributed by atoms with E-state index in [1.54, 1.807) is 0 Å². The summed E-state index contributed by atoms with van der Waals surface area (Å²) in [6.07, 6.45) is 2.81. The minimum Gasteiger partial charge on any atom is -0.342 e. The summed E-state index contributed by atoms with van der Waals surface area (Å²) in [6, 6.07) is 14.6. The van der Waals surface area contributed by atoms with Crippen molar-refractivity contribution in [1.82, 2.24) is 14.7 Å². The van der Waals surface area contributed by atoms with Gasteiger partial charge in [0.15, 0.2) is 0 Å². The van der Waals surface area contributed by atoms with Crippen LogP contribution in [0, 0.1) is 5.92 Å². The molecule has 0 radical (unpaired) electrons. The van der Waals surface area contributed by atoms with Gasteiger partial charge in [0.2, 0.25) is 5.91 Å². The number of likely N-dealkylation sites (tertiary alicyclic amines) is 1. The van der Waals surface area contributed by atoms with Gasteiger partial charge in [-0.2, -0.15) is 0 Å². The van der Waals surface area contributed by atoms with Crippen molar-refractivity contribution in [3.63, 3.8) is 0 Å². The third-order valence-electron chi connectivity index (χ3n) is 6.30. The molecule has 0 bridgehead atoms. The number of carbonyl (C=O) groups excluding carboxylic acids is 1. The van der Waals surface area contributed by atoms with E-state index in [1.807, 2.05) is 0 Å². The number of carbonyl (C=O) groups is 1. The van der Waals surface area contributed by atoms with Crippen molar-refractivity contribution in [2.24, 2.45) is 5.92 Å². The molecule has 2 aliphatic heterocycles. The van der Waals surface area contributed by atoms with Gasteiger partial charge >= 0.3 is 0 Å². The summed E-state index contributed by atoms with van der Waals surface area (Å²) in [6.45, 7) is 7.79. The Labute approximate surface area is 162 Å². The van der Waals surface area contributed by atoms with Crippen molar-refractivity contribution in [1.29, 1.82) is 0 Å². The van der Waals surface area contributed by atoms with E-state index in [1.165, 1.54) is 43.5 Å². The number of amides is 1. The Kier molecular flexibility index (Phi) is 5.74. The van der Waals surface area contributed by atoms with Crippen LogP contribution in [0.3, 0.4) is 0 Å². The van der Waals surface area contributed by atoms with E-state index >= 15 is 0 Å². The molecular formula is C23H31N3O. The van der Waals surface area contributed by atoms with Crippen LogP contribution in [0.25, 0.3) is 10.8 Å². The molecule has 2 heterocycles. The molecule has 0 saturated carbocycles. The standard InChI is InChI=1S/C23H31N3O/c1-24-13-15-25(16-14-24)18-19-9-11-26(12-10-19)23(27)17-21-7-4-6-20-5-2-3-8-22(20)21/h2-8,19H,9-18H2,1H3. The maximum Gasteiger partial charge on any atom is 0.227 e. The molecule has 0 N–H and O–H groups in total. The van der Waals surface area contributed by atoms with Gasteiger partial charge in [0.1, 0.15) is 0 Å². The topological polar surface area (TPSA) is 26.8 Å². The van der Waals surface area contributed by atoms with Crippen LogP contribution in [0.5, 0.6) is 0 Å². The molecule has 0 atom stereocenters. The minimum atomic E-state index is 0.282. The van der Waals surface area contributed by atoms with Gasteiger partial charge in [-0.1, -0.05) is 42.5 Å². The molecule has 2 aromatic rings. The summed E-state index contributed by atoms with van der Waals surface area (Å²) in [7, 11) is 2.21. The SMILES string of the molecule is CN1CCN(CC2CCN(C(=O)Cc3cccc4ccccc34)CC2)CC1. The average molecular weight is 366 g/mol. The third-order valence-corrected chi connectivity index (χ3v) is 6.30. The monoisotopic (exact) mass is 365 g/mol. The molecule has 2 saturated heterocycles. The highest BCUT2D eigenvalue weighted by Gasteiger charge is 2.25. The van der Waals surface area contributed by atoms with Crippen LogP contribution < -0.4 is 0 Å². The molecule has 1 amide bonds. The predicted molar refractivity (Wildman–Crippen MR) is 111 cm³/mol. The zero-order valence-electron chi connectivity index (χ0n) is 16.4. The van der Waals surface area contributed by atoms with E-state index in [4.69, 9.17) is 0 Å². The van der Waals surface area contributed by atoms with E-state index in [-0.39, 0.29) is 5.91 Å². The number of nitrogens with zero attached hydrogens (tertiary/aromatic N) is 3. The van der Waals surface area contributed by atoms with Gasteiger partial charge < -0.3 is 14.7 Å². The van der Waals surface area contributed by atoms with E-state index in [2.05, 4.69) is 64.2 Å². The molecule has 2 aliphatic rings. The first-order valence-corrected chi connectivity index (χ1v) is 10.3. The maximum absolute atomic E-state index is 12.9. The minimum absolute atomic E-state index is 0.282. The highest BCUT2D eigenvalue weighted by molar-refractivity contribution is 5.90. The largest absolute Gasteiger partial charge is 0.342 e. The lowest BCUT2D eigenvalue weighted by atomic mass is 9.95. The molecule has 0 unspecified atom stereocenters. The number of piperazine rings is 1. The molecule has 2 fully saturated rings. The Balaban J connectivity index is 1.29. The number of benzene rings is 2. The van der Waals surface area contributed by atoms with Crippen molar-refractivity contribution >= 4 is 16.7 Å². The molecule has 2 aromatic carbocycles. The summed E-state index contributed by atoms with van der Waals surface area (Å²) >= 11 is 0. The first-order valence-electron chi connectivity index (χ1n) is 10.3. The molecule has 4 heteroatoms. The fourth-order valence-electron chi connectivity index (χ4n) is 4.48. The zero-order chi connectivity index (χ0) is 18.6. The smallest absolute Gasteiger partial charge is 0.227 e. The summed E-state index contributed by atoms with van der Waals surface area (Å²) in [5.41, 5.74) is 1.15. The highest BCUT2D eigenvalue weighted by Crippen LogP contribution is 2.22. The van der Waals surface area contributed by atoms with Crippen LogP contribution in [0.4, 0.5) is 0 Å². The van der Waals surface area contributed by atoms with E-state index < -0.39 is 0 Å². The van der Waals surface area contributed by atoms with Gasteiger partial charge in [0.05, 0.1) is 6.42 Å². The van der Waals surface area contributed by atoms with Gasteiger partial charge in [-0.05, 0) is 42.1 Å². The Hall–Kier alpha value is -1.91.